The van der Waals surface area contributed by atoms with Gasteiger partial charge in [-0.2, -0.15) is 4.89 Å². The lowest BCUT2D eigenvalue weighted by atomic mass is 9.62. The lowest BCUT2D eigenvalue weighted by molar-refractivity contribution is -0.0198. The Morgan fingerprint density at radius 3 is 2.24 bits per heavy atom. The van der Waals surface area contributed by atoms with Gasteiger partial charge in [0.05, 0.1) is 5.92 Å². The lowest BCUT2D eigenvalue weighted by Crippen LogP contribution is -2.50. The Kier molecular flexibility index (Phi) is 4.33. The Morgan fingerprint density at radius 2 is 1.60 bits per heavy atom. The maximum Gasteiger partial charge on any atom is 0.541 e. The summed E-state index contributed by atoms with van der Waals surface area (Å²) < 4.78 is 12.3. The van der Waals surface area contributed by atoms with Gasteiger partial charge in [0.1, 0.15) is 0 Å². The minimum absolute atomic E-state index is 0.0518. The molecule has 1 fully saturated rings. The fraction of sp³-hybridized carbons (Fsp3) is 0.333. The Morgan fingerprint density at radius 1 is 0.960 bits per heavy atom. The molecule has 2 N–H and O–H groups in total. The first kappa shape index (κ1) is 16.7. The topological polar surface area (TPSA) is 57.5 Å². The van der Waals surface area contributed by atoms with Crippen molar-refractivity contribution in [2.75, 3.05) is 0 Å². The molecule has 4 rings (SSSR count). The molecule has 0 aliphatic heterocycles. The van der Waals surface area contributed by atoms with Gasteiger partial charge in [-0.25, -0.2) is 0 Å². The van der Waals surface area contributed by atoms with E-state index in [9.17, 15) is 14.6 Å². The third-order valence-electron chi connectivity index (χ3n) is 5.83. The van der Waals surface area contributed by atoms with Crippen molar-refractivity contribution in [1.82, 2.24) is 0 Å². The molecule has 2 bridgehead atoms. The van der Waals surface area contributed by atoms with E-state index in [1.165, 1.54) is 0 Å². The molecule has 0 amide bonds. The van der Waals surface area contributed by atoms with Crippen LogP contribution >= 0.6 is 8.03 Å². The Bertz CT molecular complexity index is 802. The summed E-state index contributed by atoms with van der Waals surface area (Å²) in [5, 5.41) is 9.86. The van der Waals surface area contributed by atoms with Gasteiger partial charge in [-0.15, -0.1) is 0 Å². The molecule has 25 heavy (non-hydrogen) atoms. The predicted octanol–water partition coefficient (Wildman–Crippen LogP) is 4.71. The molecule has 2 aromatic rings. The zero-order valence-corrected chi connectivity index (χ0v) is 14.8. The third kappa shape index (κ3) is 2.67. The van der Waals surface area contributed by atoms with Crippen molar-refractivity contribution in [2.45, 2.75) is 30.5 Å². The van der Waals surface area contributed by atoms with Gasteiger partial charge in [0.15, 0.2) is 0 Å². The van der Waals surface area contributed by atoms with E-state index in [0.29, 0.717) is 0 Å². The summed E-state index contributed by atoms with van der Waals surface area (Å²) in [4.78, 5) is 10.1. The SMILES string of the molecule is O=[P+](O)C1(O)C2CCCC1C(c1ccccc1)C=C2c1ccccc1. The van der Waals surface area contributed by atoms with Crippen molar-refractivity contribution in [1.29, 1.82) is 0 Å². The maximum absolute atomic E-state index is 12.3. The molecule has 128 valence electrons. The Labute approximate surface area is 148 Å². The zero-order valence-electron chi connectivity index (χ0n) is 14.0. The fourth-order valence-corrected chi connectivity index (χ4v) is 5.79. The van der Waals surface area contributed by atoms with Crippen LogP contribution in [-0.2, 0) is 4.57 Å². The summed E-state index contributed by atoms with van der Waals surface area (Å²) in [6.07, 6.45) is 4.71. The van der Waals surface area contributed by atoms with Crippen LogP contribution in [0.2, 0.25) is 0 Å². The largest absolute Gasteiger partial charge is 0.541 e. The van der Waals surface area contributed by atoms with Gasteiger partial charge < -0.3 is 5.11 Å². The van der Waals surface area contributed by atoms with Gasteiger partial charge in [-0.3, -0.25) is 0 Å². The lowest BCUT2D eigenvalue weighted by Gasteiger charge is -2.45. The standard InChI is InChI=1S/C21H21O3P/c22-21(25(23)24)19-12-7-13-20(21)18(16-10-5-2-6-11-16)14-17(19)15-8-3-1-4-9-15/h1-6,8-11,14,17,19-20,22H,7,12-13H2/p+1. The molecule has 1 saturated carbocycles. The molecule has 5 atom stereocenters. The quantitative estimate of drug-likeness (QED) is 0.786. The molecule has 2 aliphatic carbocycles. The van der Waals surface area contributed by atoms with Crippen molar-refractivity contribution >= 4 is 13.6 Å². The number of benzene rings is 2. The normalized spacial score (nSPS) is 32.0. The predicted molar refractivity (Wildman–Crippen MR) is 99.2 cm³/mol. The molecule has 0 aromatic heterocycles. The highest BCUT2D eigenvalue weighted by atomic mass is 31.1. The first-order chi connectivity index (χ1) is 12.1. The number of fused-ring (bicyclic) bond motifs is 2. The monoisotopic (exact) mass is 353 g/mol. The molecule has 0 saturated heterocycles. The minimum atomic E-state index is -2.70. The van der Waals surface area contributed by atoms with Crippen LogP contribution in [0.3, 0.4) is 0 Å². The van der Waals surface area contributed by atoms with Crippen molar-refractivity contribution in [3.8, 4) is 0 Å². The van der Waals surface area contributed by atoms with Crippen molar-refractivity contribution < 1.29 is 14.6 Å². The highest BCUT2D eigenvalue weighted by Crippen LogP contribution is 2.62. The maximum atomic E-state index is 12.3. The number of hydrogen-bond acceptors (Lipinski definition) is 2. The molecule has 0 heterocycles. The van der Waals surface area contributed by atoms with Crippen LogP contribution in [0.25, 0.3) is 5.57 Å². The number of hydrogen-bond donors (Lipinski definition) is 2. The first-order valence-electron chi connectivity index (χ1n) is 8.83. The first-order valence-corrected chi connectivity index (χ1v) is 10.0. The van der Waals surface area contributed by atoms with E-state index < -0.39 is 13.4 Å². The third-order valence-corrected chi connectivity index (χ3v) is 7.09. The highest BCUT2D eigenvalue weighted by Gasteiger charge is 2.65. The molecular formula is C21H22O3P+. The van der Waals surface area contributed by atoms with E-state index in [4.69, 9.17) is 0 Å². The second-order valence-corrected chi connectivity index (χ2v) is 8.33. The Balaban J connectivity index is 1.92. The van der Waals surface area contributed by atoms with Crippen LogP contribution in [0.4, 0.5) is 0 Å². The molecule has 4 heteroatoms. The van der Waals surface area contributed by atoms with E-state index in [1.54, 1.807) is 0 Å². The average molecular weight is 353 g/mol. The summed E-state index contributed by atoms with van der Waals surface area (Å²) in [5.41, 5.74) is 3.13. The number of aliphatic hydroxyl groups is 1. The average Bonchev–Trinajstić information content (AvgIpc) is 2.63. The zero-order chi connectivity index (χ0) is 17.4. The van der Waals surface area contributed by atoms with Crippen LogP contribution in [-0.4, -0.2) is 15.3 Å². The second kappa shape index (κ2) is 6.49. The van der Waals surface area contributed by atoms with Crippen molar-refractivity contribution in [2.24, 2.45) is 11.8 Å². The molecule has 0 radical (unpaired) electrons. The van der Waals surface area contributed by atoms with E-state index in [2.05, 4.69) is 6.08 Å². The molecule has 3 nitrogen and oxygen atoms in total. The summed E-state index contributed by atoms with van der Waals surface area (Å²) in [5.74, 6) is -0.569. The van der Waals surface area contributed by atoms with Crippen LogP contribution in [0, 0.1) is 11.8 Å². The summed E-state index contributed by atoms with van der Waals surface area (Å²) in [6, 6.07) is 20.0. The molecule has 2 aromatic carbocycles. The molecule has 0 spiro atoms. The minimum Gasteiger partial charge on any atom is -0.346 e. The van der Waals surface area contributed by atoms with E-state index in [1.807, 2.05) is 60.7 Å². The highest BCUT2D eigenvalue weighted by molar-refractivity contribution is 7.39. The van der Waals surface area contributed by atoms with E-state index in [0.717, 1.165) is 36.0 Å². The summed E-state index contributed by atoms with van der Waals surface area (Å²) in [7, 11) is -2.70. The van der Waals surface area contributed by atoms with Crippen LogP contribution in [0.5, 0.6) is 0 Å². The molecular weight excluding hydrogens is 331 g/mol. The van der Waals surface area contributed by atoms with E-state index in [-0.39, 0.29) is 17.8 Å². The fourth-order valence-electron chi connectivity index (χ4n) is 4.69. The smallest absolute Gasteiger partial charge is 0.346 e. The molecule has 2 aliphatic rings. The number of rotatable bonds is 3. The van der Waals surface area contributed by atoms with Gasteiger partial charge in [-0.1, -0.05) is 73.2 Å². The summed E-state index contributed by atoms with van der Waals surface area (Å²) >= 11 is 0. The van der Waals surface area contributed by atoms with Gasteiger partial charge >= 0.3 is 13.4 Å². The van der Waals surface area contributed by atoms with Crippen LogP contribution in [0.1, 0.15) is 36.3 Å². The van der Waals surface area contributed by atoms with Crippen molar-refractivity contribution in [3.05, 3.63) is 77.9 Å². The van der Waals surface area contributed by atoms with Crippen LogP contribution in [0.15, 0.2) is 66.7 Å². The Hall–Kier alpha value is -1.80. The number of allylic oxidation sites excluding steroid dienone is 1. The van der Waals surface area contributed by atoms with Gasteiger partial charge in [-0.05, 0) is 34.1 Å². The second-order valence-electron chi connectivity index (χ2n) is 7.07. The molecule has 5 unspecified atom stereocenters. The van der Waals surface area contributed by atoms with E-state index >= 15 is 0 Å². The van der Waals surface area contributed by atoms with Crippen LogP contribution < -0.4 is 0 Å². The van der Waals surface area contributed by atoms with Gasteiger partial charge in [0.2, 0.25) is 0 Å². The summed E-state index contributed by atoms with van der Waals surface area (Å²) in [6.45, 7) is 0. The van der Waals surface area contributed by atoms with Gasteiger partial charge in [0, 0.05) is 11.8 Å². The van der Waals surface area contributed by atoms with Gasteiger partial charge in [0.25, 0.3) is 0 Å². The van der Waals surface area contributed by atoms with Crippen molar-refractivity contribution in [3.63, 3.8) is 0 Å².